The zero-order valence-electron chi connectivity index (χ0n) is 6.10. The fraction of sp³-hybridized carbons (Fsp3) is 0.500. The van der Waals surface area contributed by atoms with Crippen LogP contribution in [0.1, 0.15) is 0 Å². The van der Waals surface area contributed by atoms with E-state index in [2.05, 4.69) is 17.8 Å². The summed E-state index contributed by atoms with van der Waals surface area (Å²) in [5, 5.41) is 3.19. The Labute approximate surface area is 67.3 Å². The highest BCUT2D eigenvalue weighted by Crippen LogP contribution is 1.94. The summed E-state index contributed by atoms with van der Waals surface area (Å²) < 4.78 is 0. The van der Waals surface area contributed by atoms with E-state index in [0.29, 0.717) is 0 Å². The molecule has 0 spiro atoms. The van der Waals surface area contributed by atoms with Gasteiger partial charge in [-0.3, -0.25) is 0 Å². The average molecular weight is 155 g/mol. The highest BCUT2D eigenvalue weighted by molar-refractivity contribution is 7.99. The minimum Gasteiger partial charge on any atom is -0.312 e. The summed E-state index contributed by atoms with van der Waals surface area (Å²) in [5.41, 5.74) is 0. The molecule has 1 N–H and O–H groups in total. The van der Waals surface area contributed by atoms with Crippen molar-refractivity contribution in [3.63, 3.8) is 0 Å². The Morgan fingerprint density at radius 3 is 3.10 bits per heavy atom. The van der Waals surface area contributed by atoms with Gasteiger partial charge >= 0.3 is 0 Å². The molecule has 0 bridgehead atoms. The molecular weight excluding hydrogens is 142 g/mol. The van der Waals surface area contributed by atoms with Gasteiger partial charge in [-0.05, 0) is 0 Å². The van der Waals surface area contributed by atoms with E-state index >= 15 is 0 Å². The van der Waals surface area contributed by atoms with Gasteiger partial charge in [-0.25, -0.2) is 0 Å². The minimum atomic E-state index is 0.815. The van der Waals surface area contributed by atoms with Crippen molar-refractivity contribution in [3.05, 3.63) is 12.7 Å². The molecule has 0 aromatic carbocycles. The number of hydrogen-bond donors (Lipinski definition) is 1. The second-order valence-corrected chi connectivity index (χ2v) is 2.85. The topological polar surface area (TPSA) is 12.0 Å². The predicted octanol–water partition coefficient (Wildman–Crippen LogP) is 1.13. The molecule has 0 aliphatic carbocycles. The van der Waals surface area contributed by atoms with Crippen LogP contribution in [0.15, 0.2) is 12.7 Å². The van der Waals surface area contributed by atoms with Crippen LogP contribution >= 0.6 is 11.8 Å². The number of hydrogen-bond acceptors (Lipinski definition) is 2. The lowest BCUT2D eigenvalue weighted by Crippen LogP contribution is -2.16. The monoisotopic (exact) mass is 155 g/mol. The SMILES string of the molecule is C#CCSCCNCC=C. The van der Waals surface area contributed by atoms with Gasteiger partial charge in [-0.1, -0.05) is 12.0 Å². The quantitative estimate of drug-likeness (QED) is 0.350. The molecule has 0 fully saturated rings. The van der Waals surface area contributed by atoms with E-state index in [1.54, 1.807) is 11.8 Å². The fourth-order valence-electron chi connectivity index (χ4n) is 0.480. The van der Waals surface area contributed by atoms with Crippen LogP contribution in [0, 0.1) is 12.3 Å². The summed E-state index contributed by atoms with van der Waals surface area (Å²) in [4.78, 5) is 0. The maximum atomic E-state index is 5.06. The molecule has 0 aromatic rings. The van der Waals surface area contributed by atoms with E-state index < -0.39 is 0 Å². The van der Waals surface area contributed by atoms with Crippen LogP contribution in [-0.4, -0.2) is 24.6 Å². The number of rotatable bonds is 6. The number of terminal acetylenes is 1. The zero-order chi connectivity index (χ0) is 7.66. The second-order valence-electron chi connectivity index (χ2n) is 1.75. The third-order valence-electron chi connectivity index (χ3n) is 0.897. The Morgan fingerprint density at radius 2 is 2.50 bits per heavy atom. The molecule has 0 aliphatic rings. The molecule has 0 rings (SSSR count). The van der Waals surface area contributed by atoms with E-state index in [9.17, 15) is 0 Å². The Morgan fingerprint density at radius 1 is 1.70 bits per heavy atom. The molecule has 0 saturated heterocycles. The summed E-state index contributed by atoms with van der Waals surface area (Å²) in [6, 6.07) is 0. The van der Waals surface area contributed by atoms with E-state index in [0.717, 1.165) is 24.6 Å². The predicted molar refractivity (Wildman–Crippen MR) is 49.2 cm³/mol. The maximum absolute atomic E-state index is 5.06. The third kappa shape index (κ3) is 7.61. The summed E-state index contributed by atoms with van der Waals surface area (Å²) in [7, 11) is 0. The smallest absolute Gasteiger partial charge is 0.0545 e. The molecule has 0 atom stereocenters. The molecule has 0 amide bonds. The highest BCUT2D eigenvalue weighted by atomic mass is 32.2. The van der Waals surface area contributed by atoms with Crippen LogP contribution in [-0.2, 0) is 0 Å². The lowest BCUT2D eigenvalue weighted by atomic mass is 10.6. The lowest BCUT2D eigenvalue weighted by Gasteiger charge is -1.97. The van der Waals surface area contributed by atoms with Crippen molar-refractivity contribution in [2.75, 3.05) is 24.6 Å². The van der Waals surface area contributed by atoms with Gasteiger partial charge in [0.1, 0.15) is 0 Å². The van der Waals surface area contributed by atoms with Crippen molar-refractivity contribution in [3.8, 4) is 12.3 Å². The zero-order valence-corrected chi connectivity index (χ0v) is 6.91. The Hall–Kier alpha value is -0.390. The summed E-state index contributed by atoms with van der Waals surface area (Å²) in [5.74, 6) is 4.47. The van der Waals surface area contributed by atoms with Gasteiger partial charge in [0.15, 0.2) is 0 Å². The third-order valence-corrected chi connectivity index (χ3v) is 1.76. The van der Waals surface area contributed by atoms with Crippen molar-refractivity contribution in [1.29, 1.82) is 0 Å². The fourth-order valence-corrected chi connectivity index (χ4v) is 1.03. The molecule has 0 heterocycles. The number of nitrogens with one attached hydrogen (secondary N) is 1. The van der Waals surface area contributed by atoms with Gasteiger partial charge in [-0.2, -0.15) is 0 Å². The summed E-state index contributed by atoms with van der Waals surface area (Å²) in [6.07, 6.45) is 6.92. The van der Waals surface area contributed by atoms with Gasteiger partial charge in [0.2, 0.25) is 0 Å². The van der Waals surface area contributed by atoms with E-state index in [4.69, 9.17) is 6.42 Å². The van der Waals surface area contributed by atoms with Gasteiger partial charge in [-0.15, -0.1) is 24.8 Å². The molecule has 10 heavy (non-hydrogen) atoms. The first kappa shape index (κ1) is 9.61. The largest absolute Gasteiger partial charge is 0.312 e. The first-order valence-corrected chi connectivity index (χ1v) is 4.40. The standard InChI is InChI=1S/C8H13NS/c1-3-5-9-6-8-10-7-4-2/h2-3,9H,1,5-8H2. The van der Waals surface area contributed by atoms with Crippen molar-refractivity contribution in [2.45, 2.75) is 0 Å². The normalized spacial score (nSPS) is 8.70. The first-order chi connectivity index (χ1) is 4.91. The Kier molecular flexibility index (Phi) is 8.27. The molecular formula is C8H13NS. The first-order valence-electron chi connectivity index (χ1n) is 3.24. The van der Waals surface area contributed by atoms with Crippen LogP contribution in [0.2, 0.25) is 0 Å². The lowest BCUT2D eigenvalue weighted by molar-refractivity contribution is 0.807. The van der Waals surface area contributed by atoms with Crippen LogP contribution < -0.4 is 5.32 Å². The van der Waals surface area contributed by atoms with Crippen molar-refractivity contribution in [2.24, 2.45) is 0 Å². The van der Waals surface area contributed by atoms with Crippen molar-refractivity contribution < 1.29 is 0 Å². The van der Waals surface area contributed by atoms with Gasteiger partial charge in [0, 0.05) is 18.8 Å². The number of thioether (sulfide) groups is 1. The van der Waals surface area contributed by atoms with Crippen LogP contribution in [0.4, 0.5) is 0 Å². The molecule has 0 radical (unpaired) electrons. The molecule has 0 aliphatic heterocycles. The molecule has 0 aromatic heterocycles. The van der Waals surface area contributed by atoms with Gasteiger partial charge < -0.3 is 5.32 Å². The average Bonchev–Trinajstić information content (AvgIpc) is 1.97. The van der Waals surface area contributed by atoms with Crippen LogP contribution in [0.25, 0.3) is 0 Å². The summed E-state index contributed by atoms with van der Waals surface area (Å²) >= 11 is 1.77. The molecule has 2 heteroatoms. The van der Waals surface area contributed by atoms with E-state index in [-0.39, 0.29) is 0 Å². The van der Waals surface area contributed by atoms with Gasteiger partial charge in [0.25, 0.3) is 0 Å². The van der Waals surface area contributed by atoms with E-state index in [1.165, 1.54) is 0 Å². The van der Waals surface area contributed by atoms with Crippen molar-refractivity contribution >= 4 is 11.8 Å². The van der Waals surface area contributed by atoms with Gasteiger partial charge in [0.05, 0.1) is 5.75 Å². The van der Waals surface area contributed by atoms with Crippen LogP contribution in [0.5, 0.6) is 0 Å². The van der Waals surface area contributed by atoms with Crippen molar-refractivity contribution in [1.82, 2.24) is 5.32 Å². The minimum absolute atomic E-state index is 0.815. The molecule has 0 unspecified atom stereocenters. The maximum Gasteiger partial charge on any atom is 0.0545 e. The Bertz CT molecular complexity index is 115. The molecule has 1 nitrogen and oxygen atoms in total. The second kappa shape index (κ2) is 8.61. The summed E-state index contributed by atoms with van der Waals surface area (Å²) in [6.45, 7) is 5.49. The molecule has 0 saturated carbocycles. The highest BCUT2D eigenvalue weighted by Gasteiger charge is 1.83. The Balaban J connectivity index is 2.78. The van der Waals surface area contributed by atoms with E-state index in [1.807, 2.05) is 6.08 Å². The van der Waals surface area contributed by atoms with Crippen LogP contribution in [0.3, 0.4) is 0 Å². The molecule has 56 valence electrons.